The molecular weight excluding hydrogens is 646 g/mol. The molecule has 14 nitrogen and oxygen atoms in total. The number of benzene rings is 3. The van der Waals surface area contributed by atoms with Gasteiger partial charge in [-0.3, -0.25) is 14.4 Å². The first kappa shape index (κ1) is 36.9. The van der Waals surface area contributed by atoms with Crippen molar-refractivity contribution in [2.45, 2.75) is 71.6 Å². The van der Waals surface area contributed by atoms with E-state index in [1.54, 1.807) is 42.5 Å². The van der Waals surface area contributed by atoms with E-state index < -0.39 is 53.8 Å². The SMILES string of the molecule is CC(=O)N1Cc2cc(NC(=O)Nc3ccc(O)cc3)ccc2C1C(=O)NC(Cc1ccccc1CC(NC(=O)CC(C)(C)C)C(=O)O)C(=O)O. The minimum Gasteiger partial charge on any atom is -0.508 e. The number of anilines is 2. The number of aromatic hydroxyl groups is 1. The summed E-state index contributed by atoms with van der Waals surface area (Å²) in [4.78, 5) is 77.2. The van der Waals surface area contributed by atoms with Gasteiger partial charge in [-0.05, 0) is 64.1 Å². The molecule has 3 aromatic carbocycles. The summed E-state index contributed by atoms with van der Waals surface area (Å²) >= 11 is 0. The molecule has 0 aromatic heterocycles. The molecule has 264 valence electrons. The van der Waals surface area contributed by atoms with Crippen LogP contribution in [0.15, 0.2) is 66.7 Å². The van der Waals surface area contributed by atoms with E-state index in [0.29, 0.717) is 33.6 Å². The summed E-state index contributed by atoms with van der Waals surface area (Å²) in [6, 6.07) is 12.9. The molecule has 3 aromatic rings. The van der Waals surface area contributed by atoms with E-state index >= 15 is 0 Å². The number of hydrogen-bond donors (Lipinski definition) is 7. The zero-order valence-corrected chi connectivity index (χ0v) is 28.1. The van der Waals surface area contributed by atoms with Gasteiger partial charge in [-0.25, -0.2) is 14.4 Å². The standard InChI is InChI=1S/C36H41N5O9/c1-20(42)41-19-23-15-25(38-35(50)37-24-9-12-26(43)13-10-24)11-14-27(23)31(41)32(45)40-29(34(48)49)17-22-8-6-5-7-21(22)16-28(33(46)47)39-30(44)18-36(2,3)4/h5-15,28-29,31,43H,16-19H2,1-4H3,(H,39,44)(H,40,45)(H,46,47)(H,48,49)(H2,37,38,50). The number of carbonyl (C=O) groups is 6. The lowest BCUT2D eigenvalue weighted by atomic mass is 9.91. The molecule has 50 heavy (non-hydrogen) atoms. The molecule has 1 aliphatic rings. The number of nitrogens with zero attached hydrogens (tertiary/aromatic N) is 1. The van der Waals surface area contributed by atoms with Crippen molar-refractivity contribution >= 4 is 47.1 Å². The molecule has 5 amide bonds. The van der Waals surface area contributed by atoms with Gasteiger partial charge < -0.3 is 41.5 Å². The zero-order chi connectivity index (χ0) is 36.7. The molecular formula is C36H41N5O9. The van der Waals surface area contributed by atoms with E-state index in [1.807, 2.05) is 20.8 Å². The molecule has 14 heteroatoms. The van der Waals surface area contributed by atoms with Crippen LogP contribution >= 0.6 is 0 Å². The Balaban J connectivity index is 1.49. The highest BCUT2D eigenvalue weighted by molar-refractivity contribution is 6.00. The summed E-state index contributed by atoms with van der Waals surface area (Å²) in [6.07, 6.45) is -0.196. The minimum absolute atomic E-state index is 0.0376. The summed E-state index contributed by atoms with van der Waals surface area (Å²) in [5.41, 5.74) is 2.46. The van der Waals surface area contributed by atoms with Crippen molar-refractivity contribution in [3.05, 3.63) is 89.0 Å². The Bertz CT molecular complexity index is 1790. The quantitative estimate of drug-likeness (QED) is 0.138. The Kier molecular flexibility index (Phi) is 11.5. The predicted octanol–water partition coefficient (Wildman–Crippen LogP) is 3.80. The van der Waals surface area contributed by atoms with Gasteiger partial charge in [0.2, 0.25) is 17.7 Å². The van der Waals surface area contributed by atoms with Gasteiger partial charge in [-0.2, -0.15) is 0 Å². The van der Waals surface area contributed by atoms with Crippen LogP contribution in [0.2, 0.25) is 0 Å². The van der Waals surface area contributed by atoms with Gasteiger partial charge in [0.1, 0.15) is 23.9 Å². The molecule has 0 fully saturated rings. The van der Waals surface area contributed by atoms with Gasteiger partial charge in [-0.1, -0.05) is 51.1 Å². The fourth-order valence-electron chi connectivity index (χ4n) is 5.72. The highest BCUT2D eigenvalue weighted by Crippen LogP contribution is 2.36. The molecule has 7 N–H and O–H groups in total. The minimum atomic E-state index is -1.44. The van der Waals surface area contributed by atoms with Gasteiger partial charge in [-0.15, -0.1) is 0 Å². The van der Waals surface area contributed by atoms with Crippen LogP contribution in [0.25, 0.3) is 0 Å². The normalized spacial score (nSPS) is 14.9. The van der Waals surface area contributed by atoms with Crippen LogP contribution in [0, 0.1) is 5.41 Å². The van der Waals surface area contributed by atoms with Crippen molar-refractivity contribution in [2.24, 2.45) is 5.41 Å². The number of rotatable bonds is 12. The number of fused-ring (bicyclic) bond motifs is 1. The lowest BCUT2D eigenvalue weighted by Gasteiger charge is -2.25. The van der Waals surface area contributed by atoms with Crippen LogP contribution in [0.3, 0.4) is 0 Å². The summed E-state index contributed by atoms with van der Waals surface area (Å²) in [7, 11) is 0. The molecule has 3 atom stereocenters. The van der Waals surface area contributed by atoms with Gasteiger partial charge in [0.05, 0.1) is 0 Å². The molecule has 1 aliphatic heterocycles. The lowest BCUT2D eigenvalue weighted by Crippen LogP contribution is -2.47. The Morgan fingerprint density at radius 1 is 0.800 bits per heavy atom. The number of phenolic OH excluding ortho intramolecular Hbond substituents is 1. The number of nitrogens with one attached hydrogen (secondary N) is 4. The number of phenols is 1. The number of urea groups is 1. The van der Waals surface area contributed by atoms with Crippen molar-refractivity contribution in [3.63, 3.8) is 0 Å². The third-order valence-electron chi connectivity index (χ3n) is 8.03. The second kappa shape index (κ2) is 15.5. The molecule has 4 rings (SSSR count). The molecule has 1 heterocycles. The van der Waals surface area contributed by atoms with Crippen molar-refractivity contribution in [2.75, 3.05) is 10.6 Å². The Labute approximate surface area is 288 Å². The first-order valence-corrected chi connectivity index (χ1v) is 15.9. The van der Waals surface area contributed by atoms with Gasteiger partial charge in [0.25, 0.3) is 0 Å². The fourth-order valence-corrected chi connectivity index (χ4v) is 5.72. The molecule has 0 bridgehead atoms. The Morgan fingerprint density at radius 2 is 1.34 bits per heavy atom. The van der Waals surface area contributed by atoms with Crippen LogP contribution in [-0.4, -0.2) is 68.0 Å². The summed E-state index contributed by atoms with van der Waals surface area (Å²) in [6.45, 7) is 6.90. The monoisotopic (exact) mass is 687 g/mol. The fraction of sp³-hybridized carbons (Fsp3) is 0.333. The zero-order valence-electron chi connectivity index (χ0n) is 28.1. The number of aliphatic carboxylic acids is 2. The first-order valence-electron chi connectivity index (χ1n) is 15.9. The maximum absolute atomic E-state index is 13.7. The van der Waals surface area contributed by atoms with Crippen LogP contribution < -0.4 is 21.3 Å². The number of amides is 5. The number of carbonyl (C=O) groups excluding carboxylic acids is 4. The first-order chi connectivity index (χ1) is 23.5. The molecule has 0 saturated heterocycles. The second-order valence-electron chi connectivity index (χ2n) is 13.4. The predicted molar refractivity (Wildman–Crippen MR) is 183 cm³/mol. The number of hydrogen-bond acceptors (Lipinski definition) is 7. The van der Waals surface area contributed by atoms with E-state index in [4.69, 9.17) is 0 Å². The van der Waals surface area contributed by atoms with E-state index in [1.165, 1.54) is 36.1 Å². The third kappa shape index (κ3) is 9.81. The van der Waals surface area contributed by atoms with Crippen molar-refractivity contribution in [3.8, 4) is 5.75 Å². The topological polar surface area (TPSA) is 214 Å². The largest absolute Gasteiger partial charge is 0.508 e. The van der Waals surface area contributed by atoms with Crippen LogP contribution in [0.4, 0.5) is 16.2 Å². The van der Waals surface area contributed by atoms with E-state index in [9.17, 15) is 44.1 Å². The van der Waals surface area contributed by atoms with Crippen LogP contribution in [-0.2, 0) is 43.4 Å². The molecule has 3 unspecified atom stereocenters. The highest BCUT2D eigenvalue weighted by atomic mass is 16.4. The molecule has 0 aliphatic carbocycles. The van der Waals surface area contributed by atoms with E-state index in [2.05, 4.69) is 21.3 Å². The maximum Gasteiger partial charge on any atom is 0.326 e. The lowest BCUT2D eigenvalue weighted by molar-refractivity contribution is -0.144. The van der Waals surface area contributed by atoms with Gasteiger partial charge >= 0.3 is 18.0 Å². The Morgan fingerprint density at radius 3 is 1.88 bits per heavy atom. The summed E-state index contributed by atoms with van der Waals surface area (Å²) in [5.74, 6) is -4.12. The molecule has 0 saturated carbocycles. The average Bonchev–Trinajstić information content (AvgIpc) is 3.40. The van der Waals surface area contributed by atoms with Crippen molar-refractivity contribution < 1.29 is 44.1 Å². The highest BCUT2D eigenvalue weighted by Gasteiger charge is 2.39. The van der Waals surface area contributed by atoms with E-state index in [-0.39, 0.29) is 37.0 Å². The number of carboxylic acid groups (broad SMARTS) is 2. The second-order valence-corrected chi connectivity index (χ2v) is 13.4. The van der Waals surface area contributed by atoms with Crippen molar-refractivity contribution in [1.29, 1.82) is 0 Å². The summed E-state index contributed by atoms with van der Waals surface area (Å²) in [5, 5.41) is 39.8. The van der Waals surface area contributed by atoms with Crippen molar-refractivity contribution in [1.82, 2.24) is 15.5 Å². The van der Waals surface area contributed by atoms with Crippen LogP contribution in [0.5, 0.6) is 5.75 Å². The van der Waals surface area contributed by atoms with Crippen LogP contribution in [0.1, 0.15) is 62.4 Å². The Hall–Kier alpha value is -5.92. The van der Waals surface area contributed by atoms with E-state index in [0.717, 1.165) is 0 Å². The number of carboxylic acids is 2. The molecule has 0 radical (unpaired) electrons. The summed E-state index contributed by atoms with van der Waals surface area (Å²) < 4.78 is 0. The third-order valence-corrected chi connectivity index (χ3v) is 8.03. The maximum atomic E-state index is 13.7. The van der Waals surface area contributed by atoms with Gasteiger partial charge in [0, 0.05) is 44.1 Å². The average molecular weight is 688 g/mol. The van der Waals surface area contributed by atoms with Gasteiger partial charge in [0.15, 0.2) is 0 Å². The smallest absolute Gasteiger partial charge is 0.326 e. The molecule has 0 spiro atoms.